The van der Waals surface area contributed by atoms with Crippen LogP contribution in [0.25, 0.3) is 0 Å². The van der Waals surface area contributed by atoms with E-state index in [9.17, 15) is 0 Å². The number of hydrogen-bond donors (Lipinski definition) is 1. The summed E-state index contributed by atoms with van der Waals surface area (Å²) in [5, 5.41) is 13.0. The van der Waals surface area contributed by atoms with E-state index in [4.69, 9.17) is 17.3 Å². The molecule has 0 spiro atoms. The zero-order chi connectivity index (χ0) is 13.0. The van der Waals surface area contributed by atoms with Crippen molar-refractivity contribution < 1.29 is 0 Å². The van der Waals surface area contributed by atoms with Crippen LogP contribution in [0.3, 0.4) is 0 Å². The van der Waals surface area contributed by atoms with Crippen molar-refractivity contribution >= 4 is 34.9 Å². The van der Waals surface area contributed by atoms with E-state index in [-0.39, 0.29) is 0 Å². The smallest absolute Gasteiger partial charge is 0.191 e. The van der Waals surface area contributed by atoms with Crippen molar-refractivity contribution in [3.05, 3.63) is 15.9 Å². The number of nitrogens with zero attached hydrogens (tertiary/aromatic N) is 5. The summed E-state index contributed by atoms with van der Waals surface area (Å²) in [5.74, 6) is 1.45. The minimum atomic E-state index is 0.395. The van der Waals surface area contributed by atoms with Crippen LogP contribution in [0.5, 0.6) is 0 Å². The molecule has 0 aromatic carbocycles. The van der Waals surface area contributed by atoms with E-state index >= 15 is 0 Å². The highest BCUT2D eigenvalue weighted by Gasteiger charge is 2.13. The SMILES string of the molecule is CCCn1c(CN)nnc1SCc1nnsc1Cl. The van der Waals surface area contributed by atoms with Gasteiger partial charge in [0.05, 0.1) is 6.54 Å². The third-order valence-corrected chi connectivity index (χ3v) is 4.23. The molecule has 2 rings (SSSR count). The summed E-state index contributed by atoms with van der Waals surface area (Å²) in [5.41, 5.74) is 6.42. The van der Waals surface area contributed by atoms with Gasteiger partial charge in [-0.2, -0.15) is 0 Å². The molecule has 98 valence electrons. The summed E-state index contributed by atoms with van der Waals surface area (Å²) in [6, 6.07) is 0. The van der Waals surface area contributed by atoms with Crippen LogP contribution in [0.15, 0.2) is 5.16 Å². The third-order valence-electron chi connectivity index (χ3n) is 2.27. The van der Waals surface area contributed by atoms with Crippen molar-refractivity contribution in [3.63, 3.8) is 0 Å². The van der Waals surface area contributed by atoms with E-state index in [2.05, 4.69) is 26.7 Å². The number of aromatic nitrogens is 5. The van der Waals surface area contributed by atoms with Gasteiger partial charge in [0.25, 0.3) is 0 Å². The van der Waals surface area contributed by atoms with E-state index in [1.165, 1.54) is 11.5 Å². The molecule has 0 aliphatic rings. The van der Waals surface area contributed by atoms with Crippen LogP contribution in [0, 0.1) is 0 Å². The second-order valence-corrected chi connectivity index (χ2v) is 5.84. The van der Waals surface area contributed by atoms with Gasteiger partial charge < -0.3 is 10.3 Å². The van der Waals surface area contributed by atoms with Crippen LogP contribution in [0.2, 0.25) is 4.34 Å². The molecule has 0 radical (unpaired) electrons. The standard InChI is InChI=1S/C9H13ClN6S2/c1-2-3-16-7(4-11)13-14-9(16)17-5-6-8(10)18-15-12-6/h2-5,11H2,1H3. The Labute approximate surface area is 118 Å². The van der Waals surface area contributed by atoms with Crippen molar-refractivity contribution in [3.8, 4) is 0 Å². The van der Waals surface area contributed by atoms with Crippen molar-refractivity contribution in [1.29, 1.82) is 0 Å². The summed E-state index contributed by atoms with van der Waals surface area (Å²) in [4.78, 5) is 0. The fourth-order valence-corrected chi connectivity index (χ4v) is 3.16. The summed E-state index contributed by atoms with van der Waals surface area (Å²) >= 11 is 8.70. The molecule has 0 bridgehead atoms. The van der Waals surface area contributed by atoms with Gasteiger partial charge in [0.2, 0.25) is 0 Å². The third kappa shape index (κ3) is 3.00. The number of rotatable bonds is 6. The summed E-state index contributed by atoms with van der Waals surface area (Å²) in [6.45, 7) is 3.37. The average molecular weight is 305 g/mol. The van der Waals surface area contributed by atoms with Gasteiger partial charge in [0, 0.05) is 23.8 Å². The molecule has 0 unspecified atom stereocenters. The van der Waals surface area contributed by atoms with Crippen molar-refractivity contribution in [1.82, 2.24) is 24.4 Å². The first-order valence-electron chi connectivity index (χ1n) is 5.48. The molecule has 18 heavy (non-hydrogen) atoms. The largest absolute Gasteiger partial charge is 0.324 e. The zero-order valence-electron chi connectivity index (χ0n) is 9.84. The van der Waals surface area contributed by atoms with Gasteiger partial charge in [-0.3, -0.25) is 0 Å². The lowest BCUT2D eigenvalue weighted by molar-refractivity contribution is 0.592. The monoisotopic (exact) mass is 304 g/mol. The molecule has 0 aliphatic heterocycles. The predicted molar refractivity (Wildman–Crippen MR) is 72.7 cm³/mol. The predicted octanol–water partition coefficient (Wildman–Crippen LogP) is 1.94. The van der Waals surface area contributed by atoms with E-state index in [1.54, 1.807) is 11.8 Å². The van der Waals surface area contributed by atoms with E-state index in [0.717, 1.165) is 29.6 Å². The summed E-state index contributed by atoms with van der Waals surface area (Å²) < 4.78 is 6.47. The van der Waals surface area contributed by atoms with Crippen LogP contribution in [0.4, 0.5) is 0 Å². The minimum absolute atomic E-state index is 0.395. The van der Waals surface area contributed by atoms with Crippen LogP contribution in [-0.4, -0.2) is 24.4 Å². The summed E-state index contributed by atoms with van der Waals surface area (Å²) in [6.07, 6.45) is 1.01. The molecule has 0 saturated carbocycles. The molecule has 2 N–H and O–H groups in total. The Kier molecular flexibility index (Phi) is 4.93. The van der Waals surface area contributed by atoms with Gasteiger partial charge in [-0.05, 0) is 6.42 Å². The fourth-order valence-electron chi connectivity index (χ4n) is 1.44. The first-order valence-corrected chi connectivity index (χ1v) is 7.61. The maximum absolute atomic E-state index is 5.96. The molecular formula is C9H13ClN6S2. The first kappa shape index (κ1) is 13.7. The van der Waals surface area contributed by atoms with Crippen molar-refractivity contribution in [2.75, 3.05) is 0 Å². The van der Waals surface area contributed by atoms with Crippen LogP contribution in [-0.2, 0) is 18.8 Å². The van der Waals surface area contributed by atoms with Crippen LogP contribution < -0.4 is 5.73 Å². The quantitative estimate of drug-likeness (QED) is 0.821. The normalized spacial score (nSPS) is 11.1. The lowest BCUT2D eigenvalue weighted by atomic mass is 10.4. The molecule has 2 heterocycles. The summed E-state index contributed by atoms with van der Waals surface area (Å²) in [7, 11) is 0. The first-order chi connectivity index (χ1) is 8.76. The Balaban J connectivity index is 2.09. The molecule has 6 nitrogen and oxygen atoms in total. The minimum Gasteiger partial charge on any atom is -0.324 e. The molecule has 0 aliphatic carbocycles. The Bertz CT molecular complexity index is 511. The second kappa shape index (κ2) is 6.46. The molecule has 2 aromatic heterocycles. The average Bonchev–Trinajstić information content (AvgIpc) is 2.94. The molecule has 0 atom stereocenters. The van der Waals surface area contributed by atoms with Crippen LogP contribution in [0.1, 0.15) is 24.9 Å². The number of hydrogen-bond acceptors (Lipinski definition) is 7. The molecule has 9 heteroatoms. The van der Waals surface area contributed by atoms with E-state index in [1.807, 2.05) is 4.57 Å². The Morgan fingerprint density at radius 3 is 2.83 bits per heavy atom. The fraction of sp³-hybridized carbons (Fsp3) is 0.556. The molecule has 2 aromatic rings. The van der Waals surface area contributed by atoms with Gasteiger partial charge in [-0.15, -0.1) is 15.3 Å². The van der Waals surface area contributed by atoms with Crippen molar-refractivity contribution in [2.45, 2.75) is 37.3 Å². The Hall–Kier alpha value is -0.700. The number of nitrogens with two attached hydrogens (primary N) is 1. The lowest BCUT2D eigenvalue weighted by Gasteiger charge is -2.06. The van der Waals surface area contributed by atoms with Gasteiger partial charge >= 0.3 is 0 Å². The lowest BCUT2D eigenvalue weighted by Crippen LogP contribution is -2.09. The number of thioether (sulfide) groups is 1. The highest BCUT2D eigenvalue weighted by molar-refractivity contribution is 7.98. The molecule has 0 saturated heterocycles. The molecule has 0 amide bonds. The highest BCUT2D eigenvalue weighted by Crippen LogP contribution is 2.26. The molecule has 0 fully saturated rings. The maximum Gasteiger partial charge on any atom is 0.191 e. The topological polar surface area (TPSA) is 82.5 Å². The number of halogens is 1. The van der Waals surface area contributed by atoms with Crippen LogP contribution >= 0.6 is 34.9 Å². The Morgan fingerprint density at radius 1 is 1.39 bits per heavy atom. The van der Waals surface area contributed by atoms with Gasteiger partial charge in [0.1, 0.15) is 15.9 Å². The highest BCUT2D eigenvalue weighted by atomic mass is 35.5. The maximum atomic E-state index is 5.96. The Morgan fingerprint density at radius 2 is 2.22 bits per heavy atom. The van der Waals surface area contributed by atoms with Gasteiger partial charge in [0.15, 0.2) is 5.16 Å². The van der Waals surface area contributed by atoms with E-state index < -0.39 is 0 Å². The van der Waals surface area contributed by atoms with Gasteiger partial charge in [-0.25, -0.2) is 0 Å². The zero-order valence-corrected chi connectivity index (χ0v) is 12.2. The second-order valence-electron chi connectivity index (χ2n) is 3.54. The van der Waals surface area contributed by atoms with E-state index in [0.29, 0.717) is 16.6 Å². The van der Waals surface area contributed by atoms with Gasteiger partial charge in [-0.1, -0.05) is 34.8 Å². The van der Waals surface area contributed by atoms with Crippen molar-refractivity contribution in [2.24, 2.45) is 5.73 Å². The molecular weight excluding hydrogens is 292 g/mol.